The summed E-state index contributed by atoms with van der Waals surface area (Å²) in [6, 6.07) is 4.39. The number of carboxylic acids is 1. The lowest BCUT2D eigenvalue weighted by molar-refractivity contribution is 0.0690. The number of amides is 1. The first-order valence-corrected chi connectivity index (χ1v) is 7.16. The molecule has 2 aromatic rings. The molecule has 1 N–H and O–H groups in total. The zero-order valence-electron chi connectivity index (χ0n) is 11.7. The normalized spacial score (nSPS) is 10.4. The van der Waals surface area contributed by atoms with Crippen LogP contribution in [0.3, 0.4) is 0 Å². The van der Waals surface area contributed by atoms with Crippen LogP contribution < -0.4 is 0 Å². The van der Waals surface area contributed by atoms with Crippen LogP contribution in [0.25, 0.3) is 0 Å². The van der Waals surface area contributed by atoms with Gasteiger partial charge in [-0.3, -0.25) is 4.79 Å². The molecule has 0 aliphatic heterocycles. The van der Waals surface area contributed by atoms with Gasteiger partial charge in [0.05, 0.1) is 5.01 Å². The first-order valence-electron chi connectivity index (χ1n) is 6.34. The van der Waals surface area contributed by atoms with Gasteiger partial charge in [0.25, 0.3) is 5.91 Å². The van der Waals surface area contributed by atoms with Gasteiger partial charge in [0.2, 0.25) is 0 Å². The zero-order chi connectivity index (χ0) is 15.4. The van der Waals surface area contributed by atoms with Crippen molar-refractivity contribution in [1.82, 2.24) is 14.9 Å². The second-order valence-corrected chi connectivity index (χ2v) is 5.87. The topological polar surface area (TPSA) is 83.4 Å². The van der Waals surface area contributed by atoms with Crippen molar-refractivity contribution in [3.8, 4) is 0 Å². The van der Waals surface area contributed by atoms with Gasteiger partial charge < -0.3 is 10.0 Å². The number of hydrogen-bond donors (Lipinski definition) is 1. The van der Waals surface area contributed by atoms with Crippen LogP contribution in [0.15, 0.2) is 24.4 Å². The number of pyridine rings is 1. The third-order valence-electron chi connectivity index (χ3n) is 2.86. The number of hydrogen-bond acceptors (Lipinski definition) is 5. The predicted molar refractivity (Wildman–Crippen MR) is 78.7 cm³/mol. The molecule has 7 heteroatoms. The molecule has 0 saturated carbocycles. The van der Waals surface area contributed by atoms with Crippen molar-refractivity contribution in [3.05, 3.63) is 45.7 Å². The van der Waals surface area contributed by atoms with Crippen molar-refractivity contribution in [2.45, 2.75) is 13.3 Å². The van der Waals surface area contributed by atoms with E-state index in [1.165, 1.54) is 23.1 Å². The molecular formula is C14H15N3O3S. The van der Waals surface area contributed by atoms with Gasteiger partial charge in [-0.25, -0.2) is 14.8 Å². The molecule has 2 heterocycles. The Kier molecular flexibility index (Phi) is 4.64. The van der Waals surface area contributed by atoms with E-state index in [0.29, 0.717) is 13.0 Å². The number of thiazole rings is 1. The summed E-state index contributed by atoms with van der Waals surface area (Å²) in [7, 11) is 1.66. The van der Waals surface area contributed by atoms with E-state index in [1.807, 2.05) is 6.92 Å². The van der Waals surface area contributed by atoms with E-state index in [1.54, 1.807) is 24.6 Å². The summed E-state index contributed by atoms with van der Waals surface area (Å²) in [6.45, 7) is 2.49. The molecule has 0 atom stereocenters. The maximum atomic E-state index is 12.2. The summed E-state index contributed by atoms with van der Waals surface area (Å²) < 4.78 is 0. The van der Waals surface area contributed by atoms with Crippen molar-refractivity contribution in [2.75, 3.05) is 13.6 Å². The van der Waals surface area contributed by atoms with Gasteiger partial charge >= 0.3 is 5.97 Å². The average molecular weight is 305 g/mol. The number of nitrogens with zero attached hydrogens (tertiary/aromatic N) is 3. The largest absolute Gasteiger partial charge is 0.477 e. The van der Waals surface area contributed by atoms with Crippen LogP contribution in [0.1, 0.15) is 30.9 Å². The van der Waals surface area contributed by atoms with E-state index in [-0.39, 0.29) is 17.3 Å². The van der Waals surface area contributed by atoms with E-state index in [4.69, 9.17) is 5.11 Å². The van der Waals surface area contributed by atoms with Crippen LogP contribution in [-0.4, -0.2) is 45.4 Å². The summed E-state index contributed by atoms with van der Waals surface area (Å²) >= 11 is 1.60. The number of aryl methyl sites for hydroxylation is 1. The van der Waals surface area contributed by atoms with Gasteiger partial charge in [0, 0.05) is 31.1 Å². The number of carbonyl (C=O) groups excluding carboxylic acids is 1. The molecule has 0 aromatic carbocycles. The molecule has 1 amide bonds. The lowest BCUT2D eigenvalue weighted by atomic mass is 10.2. The minimum absolute atomic E-state index is 0.132. The highest BCUT2D eigenvalue weighted by Crippen LogP contribution is 2.12. The Hall–Kier alpha value is -2.28. The van der Waals surface area contributed by atoms with Crippen LogP contribution in [0.4, 0.5) is 0 Å². The Bertz CT molecular complexity index is 669. The lowest BCUT2D eigenvalue weighted by Gasteiger charge is -2.16. The number of likely N-dealkylation sites (N-methyl/N-ethyl adjacent to an activating group) is 1. The minimum atomic E-state index is -1.15. The first-order chi connectivity index (χ1) is 9.97. The SMILES string of the molecule is Cc1cnc(CCN(C)C(=O)c2cccc(C(=O)O)n2)s1. The van der Waals surface area contributed by atoms with Crippen molar-refractivity contribution in [2.24, 2.45) is 0 Å². The minimum Gasteiger partial charge on any atom is -0.477 e. The van der Waals surface area contributed by atoms with E-state index < -0.39 is 5.97 Å². The molecule has 0 saturated heterocycles. The molecule has 0 radical (unpaired) electrons. The van der Waals surface area contributed by atoms with Crippen molar-refractivity contribution >= 4 is 23.2 Å². The summed E-state index contributed by atoms with van der Waals surface area (Å²) in [4.78, 5) is 33.8. The molecule has 110 valence electrons. The average Bonchev–Trinajstić information content (AvgIpc) is 2.89. The summed E-state index contributed by atoms with van der Waals surface area (Å²) in [5.74, 6) is -1.45. The third-order valence-corrected chi connectivity index (χ3v) is 3.84. The standard InChI is InChI=1S/C14H15N3O3S/c1-9-8-15-12(21-9)6-7-17(2)13(18)10-4-3-5-11(16-10)14(19)20/h3-5,8H,6-7H2,1-2H3,(H,19,20). The van der Waals surface area contributed by atoms with Crippen molar-refractivity contribution in [3.63, 3.8) is 0 Å². The highest BCUT2D eigenvalue weighted by atomic mass is 32.1. The molecular weight excluding hydrogens is 290 g/mol. The number of carboxylic acid groups (broad SMARTS) is 1. The van der Waals surface area contributed by atoms with E-state index in [0.717, 1.165) is 9.88 Å². The Balaban J connectivity index is 2.01. The quantitative estimate of drug-likeness (QED) is 0.911. The van der Waals surface area contributed by atoms with Gasteiger partial charge in [-0.05, 0) is 19.1 Å². The fraction of sp³-hybridized carbons (Fsp3) is 0.286. The molecule has 6 nitrogen and oxygen atoms in total. The van der Waals surface area contributed by atoms with Gasteiger partial charge in [-0.15, -0.1) is 11.3 Å². The Labute approximate surface area is 126 Å². The maximum Gasteiger partial charge on any atom is 0.354 e. The fourth-order valence-electron chi connectivity index (χ4n) is 1.75. The molecule has 0 bridgehead atoms. The molecule has 0 unspecified atom stereocenters. The highest BCUT2D eigenvalue weighted by Gasteiger charge is 2.15. The molecule has 2 rings (SSSR count). The summed E-state index contributed by atoms with van der Waals surface area (Å²) in [5, 5.41) is 9.86. The monoisotopic (exact) mass is 305 g/mol. The van der Waals surface area contributed by atoms with E-state index >= 15 is 0 Å². The van der Waals surface area contributed by atoms with E-state index in [2.05, 4.69) is 9.97 Å². The molecule has 0 spiro atoms. The second kappa shape index (κ2) is 6.45. The summed E-state index contributed by atoms with van der Waals surface area (Å²) in [6.07, 6.45) is 2.47. The number of rotatable bonds is 5. The van der Waals surface area contributed by atoms with E-state index in [9.17, 15) is 9.59 Å². The second-order valence-electron chi connectivity index (χ2n) is 4.55. The van der Waals surface area contributed by atoms with Crippen molar-refractivity contribution < 1.29 is 14.7 Å². The van der Waals surface area contributed by atoms with Gasteiger partial charge in [0.15, 0.2) is 0 Å². The van der Waals surface area contributed by atoms with Crippen LogP contribution in [0.2, 0.25) is 0 Å². The number of aromatic carboxylic acids is 1. The molecule has 2 aromatic heterocycles. The van der Waals surface area contributed by atoms with Gasteiger partial charge in [0.1, 0.15) is 11.4 Å². The highest BCUT2D eigenvalue weighted by molar-refractivity contribution is 7.11. The lowest BCUT2D eigenvalue weighted by Crippen LogP contribution is -2.29. The van der Waals surface area contributed by atoms with Crippen LogP contribution >= 0.6 is 11.3 Å². The fourth-order valence-corrected chi connectivity index (χ4v) is 2.53. The smallest absolute Gasteiger partial charge is 0.354 e. The zero-order valence-corrected chi connectivity index (χ0v) is 12.6. The maximum absolute atomic E-state index is 12.2. The van der Waals surface area contributed by atoms with Crippen LogP contribution in [0.5, 0.6) is 0 Å². The third kappa shape index (κ3) is 3.85. The Morgan fingerprint density at radius 1 is 1.33 bits per heavy atom. The molecule has 21 heavy (non-hydrogen) atoms. The Morgan fingerprint density at radius 3 is 2.67 bits per heavy atom. The van der Waals surface area contributed by atoms with Crippen molar-refractivity contribution in [1.29, 1.82) is 0 Å². The molecule has 0 fully saturated rings. The summed E-state index contributed by atoms with van der Waals surface area (Å²) in [5.41, 5.74) is -0.00230. The van der Waals surface area contributed by atoms with Gasteiger partial charge in [-0.2, -0.15) is 0 Å². The number of carbonyl (C=O) groups is 2. The molecule has 0 aliphatic carbocycles. The Morgan fingerprint density at radius 2 is 2.05 bits per heavy atom. The van der Waals surface area contributed by atoms with Crippen LogP contribution in [-0.2, 0) is 6.42 Å². The number of aromatic nitrogens is 2. The van der Waals surface area contributed by atoms with Gasteiger partial charge in [-0.1, -0.05) is 6.07 Å². The predicted octanol–water partition coefficient (Wildman–Crippen LogP) is 1.86. The first kappa shape index (κ1) is 15.1. The van der Waals surface area contributed by atoms with Crippen LogP contribution in [0, 0.1) is 6.92 Å². The molecule has 0 aliphatic rings.